The fourth-order valence-electron chi connectivity index (χ4n) is 5.20. The first-order valence-electron chi connectivity index (χ1n) is 13.3. The maximum Gasteiger partial charge on any atom is 0.326 e. The number of rotatable bonds is 9. The summed E-state index contributed by atoms with van der Waals surface area (Å²) in [7, 11) is 1.75. The fraction of sp³-hybridized carbons (Fsp3) is 0.536. The lowest BCUT2D eigenvalue weighted by Gasteiger charge is -2.22. The van der Waals surface area contributed by atoms with Crippen molar-refractivity contribution in [1.82, 2.24) is 19.4 Å². The van der Waals surface area contributed by atoms with Gasteiger partial charge in [0.2, 0.25) is 0 Å². The van der Waals surface area contributed by atoms with Gasteiger partial charge in [-0.1, -0.05) is 6.07 Å². The van der Waals surface area contributed by atoms with E-state index in [1.165, 1.54) is 0 Å². The van der Waals surface area contributed by atoms with Crippen LogP contribution in [-0.4, -0.2) is 69.4 Å². The predicted octanol–water partition coefficient (Wildman–Crippen LogP) is 2.06. The normalized spacial score (nSPS) is 21.2. The summed E-state index contributed by atoms with van der Waals surface area (Å²) in [5.74, 6) is 0.299. The van der Waals surface area contributed by atoms with Crippen LogP contribution in [0.15, 0.2) is 35.3 Å². The minimum atomic E-state index is -0.918. The highest BCUT2D eigenvalue weighted by Crippen LogP contribution is 2.28. The number of ether oxygens (including phenoxy) is 3. The number of esters is 1. The second-order valence-corrected chi connectivity index (χ2v) is 10.4. The summed E-state index contributed by atoms with van der Waals surface area (Å²) < 4.78 is 20.5. The number of aromatic nitrogens is 3. The Morgan fingerprint density at radius 3 is 2.82 bits per heavy atom. The van der Waals surface area contributed by atoms with Crippen LogP contribution in [0.25, 0.3) is 22.4 Å². The Morgan fingerprint density at radius 1 is 1.29 bits per heavy atom. The summed E-state index contributed by atoms with van der Waals surface area (Å²) in [6.07, 6.45) is 3.46. The molecule has 204 valence electrons. The van der Waals surface area contributed by atoms with Gasteiger partial charge < -0.3 is 28.5 Å². The van der Waals surface area contributed by atoms with E-state index in [1.807, 2.05) is 37.4 Å². The van der Waals surface area contributed by atoms with Crippen molar-refractivity contribution in [2.45, 2.75) is 70.6 Å². The lowest BCUT2D eigenvalue weighted by molar-refractivity contribution is -0.154. The van der Waals surface area contributed by atoms with Gasteiger partial charge in [-0.2, -0.15) is 0 Å². The molecule has 0 amide bonds. The third-order valence-corrected chi connectivity index (χ3v) is 7.28. The van der Waals surface area contributed by atoms with Crippen molar-refractivity contribution in [1.29, 1.82) is 0 Å². The van der Waals surface area contributed by atoms with Gasteiger partial charge in [-0.3, -0.25) is 14.9 Å². The number of nitrogens with one attached hydrogen (secondary N) is 1. The monoisotopic (exact) mass is 524 g/mol. The van der Waals surface area contributed by atoms with Gasteiger partial charge in [-0.15, -0.1) is 0 Å². The number of benzene rings is 1. The average molecular weight is 525 g/mol. The van der Waals surface area contributed by atoms with Crippen molar-refractivity contribution >= 4 is 17.0 Å². The number of aliphatic hydroxyl groups is 1. The number of imidazole rings is 1. The van der Waals surface area contributed by atoms with E-state index < -0.39 is 18.1 Å². The molecule has 10 heteroatoms. The van der Waals surface area contributed by atoms with Gasteiger partial charge in [0.1, 0.15) is 18.0 Å². The van der Waals surface area contributed by atoms with E-state index in [0.717, 1.165) is 47.4 Å². The highest BCUT2D eigenvalue weighted by Gasteiger charge is 2.29. The molecule has 2 N–H and O–H groups in total. The van der Waals surface area contributed by atoms with Crippen LogP contribution in [0.2, 0.25) is 0 Å². The van der Waals surface area contributed by atoms with E-state index in [1.54, 1.807) is 18.5 Å². The quantitative estimate of drug-likeness (QED) is 0.409. The lowest BCUT2D eigenvalue weighted by Crippen LogP contribution is -2.46. The Labute approximate surface area is 221 Å². The van der Waals surface area contributed by atoms with E-state index in [-0.39, 0.29) is 17.8 Å². The molecule has 0 bridgehead atoms. The van der Waals surface area contributed by atoms with Crippen LogP contribution in [0.5, 0.6) is 0 Å². The lowest BCUT2D eigenvalue weighted by atomic mass is 10.1. The minimum Gasteiger partial charge on any atom is -0.459 e. The average Bonchev–Trinajstić information content (AvgIpc) is 3.65. The number of carbonyl (C=O) groups excluding carboxylic acids is 1. The predicted molar refractivity (Wildman–Crippen MR) is 142 cm³/mol. The number of aliphatic hydroxyl groups excluding tert-OH is 1. The fourth-order valence-corrected chi connectivity index (χ4v) is 5.20. The highest BCUT2D eigenvalue weighted by atomic mass is 16.6. The van der Waals surface area contributed by atoms with E-state index in [4.69, 9.17) is 19.2 Å². The van der Waals surface area contributed by atoms with Crippen LogP contribution in [0, 0.1) is 6.92 Å². The molecule has 4 atom stereocenters. The van der Waals surface area contributed by atoms with E-state index in [9.17, 15) is 14.7 Å². The molecule has 0 spiro atoms. The van der Waals surface area contributed by atoms with Crippen LogP contribution < -0.4 is 10.9 Å². The summed E-state index contributed by atoms with van der Waals surface area (Å²) in [4.78, 5) is 29.9. The molecule has 4 heterocycles. The molecular formula is C28H36N4O6. The van der Waals surface area contributed by atoms with Crippen LogP contribution >= 0.6 is 0 Å². The molecule has 0 saturated carbocycles. The number of aryl methyl sites for hydroxylation is 2. The number of hydrogen-bond donors (Lipinski definition) is 2. The molecule has 2 aliphatic heterocycles. The van der Waals surface area contributed by atoms with Gasteiger partial charge >= 0.3 is 5.97 Å². The van der Waals surface area contributed by atoms with Crippen molar-refractivity contribution in [2.24, 2.45) is 7.05 Å². The molecule has 0 radical (unpaired) electrons. The number of pyridine rings is 1. The third-order valence-electron chi connectivity index (χ3n) is 7.28. The van der Waals surface area contributed by atoms with Crippen molar-refractivity contribution in [3.05, 3.63) is 51.9 Å². The summed E-state index contributed by atoms with van der Waals surface area (Å²) >= 11 is 0. The largest absolute Gasteiger partial charge is 0.459 e. The summed E-state index contributed by atoms with van der Waals surface area (Å²) in [5.41, 5.74) is 4.19. The SMILES string of the molecule is Cc1cc(-c2nc3cc(CN[C@H](C(=O)O[C@@H]4CCOC4)[C@H](C)O)ccc3n2C[C@@H]2CCCO2)cn(C)c1=O. The zero-order chi connectivity index (χ0) is 26.8. The first-order valence-corrected chi connectivity index (χ1v) is 13.3. The molecule has 0 aliphatic carbocycles. The van der Waals surface area contributed by atoms with Gasteiger partial charge in [0.05, 0.1) is 43.0 Å². The smallest absolute Gasteiger partial charge is 0.326 e. The molecule has 2 aromatic heterocycles. The first-order chi connectivity index (χ1) is 18.3. The minimum absolute atomic E-state index is 0.0319. The summed E-state index contributed by atoms with van der Waals surface area (Å²) in [5, 5.41) is 13.4. The van der Waals surface area contributed by atoms with Gasteiger partial charge in [-0.25, -0.2) is 4.98 Å². The second kappa shape index (κ2) is 11.4. The topological polar surface area (TPSA) is 117 Å². The Kier molecular flexibility index (Phi) is 7.94. The van der Waals surface area contributed by atoms with Crippen LogP contribution in [0.1, 0.15) is 37.3 Å². The van der Waals surface area contributed by atoms with E-state index in [0.29, 0.717) is 38.3 Å². The Bertz CT molecular complexity index is 1330. The molecule has 5 rings (SSSR count). The van der Waals surface area contributed by atoms with Crippen LogP contribution in [-0.2, 0) is 39.1 Å². The zero-order valence-corrected chi connectivity index (χ0v) is 22.2. The molecule has 10 nitrogen and oxygen atoms in total. The maximum absolute atomic E-state index is 12.7. The van der Waals surface area contributed by atoms with Crippen molar-refractivity contribution < 1.29 is 24.1 Å². The Balaban J connectivity index is 1.41. The van der Waals surface area contributed by atoms with Gasteiger partial charge in [0.25, 0.3) is 5.56 Å². The Morgan fingerprint density at radius 2 is 2.13 bits per heavy atom. The highest BCUT2D eigenvalue weighted by molar-refractivity contribution is 5.81. The van der Waals surface area contributed by atoms with Crippen LogP contribution in [0.3, 0.4) is 0 Å². The molecular weight excluding hydrogens is 488 g/mol. The molecule has 38 heavy (non-hydrogen) atoms. The van der Waals surface area contributed by atoms with Gasteiger partial charge in [0.15, 0.2) is 0 Å². The standard InChI is InChI=1S/C28H36N4O6/c1-17-11-20(14-31(3)27(17)34)26-30-23-12-19(6-7-24(23)32(26)15-21-5-4-9-37-21)13-29-25(18(2)33)28(35)38-22-8-10-36-16-22/h6-7,11-12,14,18,21-22,25,29,33H,4-5,8-10,13,15-16H2,1-3H3/t18-,21-,22+,25-/m0/s1. The number of carbonyl (C=O) groups is 1. The van der Waals surface area contributed by atoms with E-state index >= 15 is 0 Å². The first kappa shape index (κ1) is 26.6. The molecule has 3 aromatic rings. The molecule has 2 fully saturated rings. The van der Waals surface area contributed by atoms with Crippen LogP contribution in [0.4, 0.5) is 0 Å². The molecule has 0 unspecified atom stereocenters. The maximum atomic E-state index is 12.7. The van der Waals surface area contributed by atoms with Gasteiger partial charge in [-0.05, 0) is 50.5 Å². The summed E-state index contributed by atoms with van der Waals surface area (Å²) in [6, 6.07) is 7.04. The number of hydrogen-bond acceptors (Lipinski definition) is 8. The summed E-state index contributed by atoms with van der Waals surface area (Å²) in [6.45, 7) is 6.14. The number of nitrogens with zero attached hydrogens (tertiary/aromatic N) is 3. The molecule has 2 aliphatic rings. The van der Waals surface area contributed by atoms with Crippen molar-refractivity contribution in [3.63, 3.8) is 0 Å². The van der Waals surface area contributed by atoms with Gasteiger partial charge in [0, 0.05) is 43.9 Å². The molecule has 2 saturated heterocycles. The second-order valence-electron chi connectivity index (χ2n) is 10.4. The Hall–Kier alpha value is -3.05. The van der Waals surface area contributed by atoms with E-state index in [2.05, 4.69) is 9.88 Å². The van der Waals surface area contributed by atoms with Crippen molar-refractivity contribution in [2.75, 3.05) is 19.8 Å². The number of fused-ring (bicyclic) bond motifs is 1. The zero-order valence-electron chi connectivity index (χ0n) is 22.2. The molecule has 1 aromatic carbocycles. The van der Waals surface area contributed by atoms with Crippen molar-refractivity contribution in [3.8, 4) is 11.4 Å². The third kappa shape index (κ3) is 5.68.